The Labute approximate surface area is 180 Å². The van der Waals surface area contributed by atoms with Gasteiger partial charge >= 0.3 is 0 Å². The highest BCUT2D eigenvalue weighted by Crippen LogP contribution is 2.43. The van der Waals surface area contributed by atoms with Crippen molar-refractivity contribution in [2.24, 2.45) is 0 Å². The summed E-state index contributed by atoms with van der Waals surface area (Å²) >= 11 is 0. The Hall–Kier alpha value is -3.10. The fourth-order valence-corrected chi connectivity index (χ4v) is 5.37. The van der Waals surface area contributed by atoms with Gasteiger partial charge in [0.1, 0.15) is 17.4 Å². The van der Waals surface area contributed by atoms with Crippen molar-refractivity contribution >= 4 is 22.4 Å². The maximum Gasteiger partial charge on any atom is 0.252 e. The number of phenolic OH excluding ortho intramolecular Hbond substituents is 1. The number of benzene rings is 3. The van der Waals surface area contributed by atoms with Crippen molar-refractivity contribution in [3.63, 3.8) is 0 Å². The molecule has 1 aliphatic heterocycles. The summed E-state index contributed by atoms with van der Waals surface area (Å²) in [5, 5.41) is 20.1. The molecule has 0 aromatic heterocycles. The number of β-lactam (4-membered cyclic amide) rings is 1. The summed E-state index contributed by atoms with van der Waals surface area (Å²) in [6.45, 7) is 0.0605. The van der Waals surface area contributed by atoms with Crippen LogP contribution in [0.5, 0.6) is 5.75 Å². The van der Waals surface area contributed by atoms with Gasteiger partial charge in [-0.3, -0.25) is 9.00 Å². The fraction of sp³-hybridized carbons (Fsp3) is 0.174. The van der Waals surface area contributed by atoms with Crippen LogP contribution in [0.15, 0.2) is 72.8 Å². The van der Waals surface area contributed by atoms with Crippen molar-refractivity contribution in [2.75, 3.05) is 17.2 Å². The third-order valence-electron chi connectivity index (χ3n) is 5.40. The van der Waals surface area contributed by atoms with Gasteiger partial charge < -0.3 is 15.1 Å². The molecule has 3 aromatic rings. The summed E-state index contributed by atoms with van der Waals surface area (Å²) in [5.41, 5.74) is 1.30. The van der Waals surface area contributed by atoms with Crippen LogP contribution in [0.25, 0.3) is 0 Å². The number of carbonyl (C=O) groups is 1. The molecule has 2 N–H and O–H groups in total. The molecule has 1 amide bonds. The minimum Gasteiger partial charge on any atom is -0.508 e. The number of nitrogens with zero attached hydrogens (tertiary/aromatic N) is 1. The Bertz CT molecular complexity index is 1120. The average molecular weight is 443 g/mol. The van der Waals surface area contributed by atoms with Gasteiger partial charge in [0, 0.05) is 16.5 Å². The highest BCUT2D eigenvalue weighted by Gasteiger charge is 2.58. The zero-order chi connectivity index (χ0) is 22.2. The molecule has 31 heavy (non-hydrogen) atoms. The van der Waals surface area contributed by atoms with Crippen molar-refractivity contribution in [3.8, 4) is 5.75 Å². The normalized spacial score (nSPS) is 20.2. The second-order valence-corrected chi connectivity index (χ2v) is 9.04. The number of rotatable bonds is 6. The first-order chi connectivity index (χ1) is 14.8. The number of hydrogen-bond acceptors (Lipinski definition) is 4. The van der Waals surface area contributed by atoms with Crippen molar-refractivity contribution < 1.29 is 28.0 Å². The van der Waals surface area contributed by atoms with Crippen LogP contribution in [-0.2, 0) is 20.3 Å². The maximum absolute atomic E-state index is 13.4. The Morgan fingerprint density at radius 3 is 2.03 bits per heavy atom. The van der Waals surface area contributed by atoms with Gasteiger partial charge in [0.15, 0.2) is 4.75 Å². The van der Waals surface area contributed by atoms with Crippen LogP contribution in [0, 0.1) is 11.6 Å². The van der Waals surface area contributed by atoms with Gasteiger partial charge in [-0.25, -0.2) is 8.78 Å². The number of hydrogen-bond donors (Lipinski definition) is 2. The molecule has 0 saturated carbocycles. The molecule has 3 aromatic carbocycles. The van der Waals surface area contributed by atoms with Gasteiger partial charge in [-0.05, 0) is 59.7 Å². The van der Waals surface area contributed by atoms with Gasteiger partial charge in [-0.15, -0.1) is 0 Å². The van der Waals surface area contributed by atoms with Crippen LogP contribution in [-0.4, -0.2) is 32.6 Å². The lowest BCUT2D eigenvalue weighted by Crippen LogP contribution is -2.67. The van der Waals surface area contributed by atoms with Crippen molar-refractivity contribution in [1.29, 1.82) is 0 Å². The van der Waals surface area contributed by atoms with Crippen molar-refractivity contribution in [3.05, 3.63) is 95.6 Å². The standard InChI is InChI=1S/C23H19F2NO4S/c24-17-5-1-15(2-6-17)21(28)13-31(30)23(16-3-11-20(27)12-4-16)14-26(22(23)29)19-9-7-18(25)8-10-19/h1-12,21,27-28H,13-14H2/t21-,23-,31+/m0/s1. The minimum absolute atomic E-state index is 0.00167. The fourth-order valence-electron chi connectivity index (χ4n) is 3.63. The lowest BCUT2D eigenvalue weighted by Gasteiger charge is -2.48. The van der Waals surface area contributed by atoms with Gasteiger partial charge in [0.2, 0.25) is 0 Å². The summed E-state index contributed by atoms with van der Waals surface area (Å²) in [6.07, 6.45) is -1.16. The van der Waals surface area contributed by atoms with Gasteiger partial charge in [-0.1, -0.05) is 24.3 Å². The second kappa shape index (κ2) is 8.20. The Balaban J connectivity index is 1.64. The van der Waals surface area contributed by atoms with Crippen LogP contribution < -0.4 is 4.90 Å². The van der Waals surface area contributed by atoms with E-state index in [-0.39, 0.29) is 18.0 Å². The van der Waals surface area contributed by atoms with E-state index >= 15 is 0 Å². The zero-order valence-corrected chi connectivity index (χ0v) is 17.1. The van der Waals surface area contributed by atoms with Crippen LogP contribution in [0.2, 0.25) is 0 Å². The number of amides is 1. The van der Waals surface area contributed by atoms with E-state index in [0.29, 0.717) is 16.8 Å². The first kappa shape index (κ1) is 21.1. The van der Waals surface area contributed by atoms with E-state index in [1.807, 2.05) is 0 Å². The molecule has 1 aliphatic rings. The second-order valence-electron chi connectivity index (χ2n) is 7.32. The number of aliphatic hydroxyl groups excluding tert-OH is 1. The zero-order valence-electron chi connectivity index (χ0n) is 16.2. The predicted octanol–water partition coefficient (Wildman–Crippen LogP) is 3.39. The van der Waals surface area contributed by atoms with Crippen LogP contribution in [0.1, 0.15) is 17.2 Å². The lowest BCUT2D eigenvalue weighted by atomic mass is 9.88. The van der Waals surface area contributed by atoms with Gasteiger partial charge in [0.05, 0.1) is 18.4 Å². The molecular weight excluding hydrogens is 424 g/mol. The summed E-state index contributed by atoms with van der Waals surface area (Å²) in [4.78, 5) is 14.7. The first-order valence-electron chi connectivity index (χ1n) is 9.50. The highest BCUT2D eigenvalue weighted by molar-refractivity contribution is 7.87. The molecule has 0 aliphatic carbocycles. The third-order valence-corrected chi connectivity index (χ3v) is 7.33. The molecule has 0 spiro atoms. The SMILES string of the molecule is O=C1N(c2ccc(F)cc2)C[C@@]1(c1ccc(O)cc1)[S@](=O)C[C@H](O)c1ccc(F)cc1. The molecule has 160 valence electrons. The van der Waals surface area contributed by atoms with E-state index in [9.17, 15) is 28.0 Å². The van der Waals surface area contributed by atoms with Crippen molar-refractivity contribution in [2.45, 2.75) is 10.9 Å². The summed E-state index contributed by atoms with van der Waals surface area (Å²) in [7, 11) is -1.85. The topological polar surface area (TPSA) is 77.8 Å². The molecule has 1 fully saturated rings. The molecule has 4 rings (SSSR count). The first-order valence-corrected chi connectivity index (χ1v) is 10.8. The molecule has 0 bridgehead atoms. The maximum atomic E-state index is 13.4. The number of aliphatic hydroxyl groups is 1. The average Bonchev–Trinajstić information content (AvgIpc) is 2.76. The van der Waals surface area contributed by atoms with Crippen LogP contribution in [0.4, 0.5) is 14.5 Å². The Kier molecular flexibility index (Phi) is 5.60. The number of anilines is 1. The summed E-state index contributed by atoms with van der Waals surface area (Å²) in [5.74, 6) is -1.59. The monoisotopic (exact) mass is 443 g/mol. The van der Waals surface area contributed by atoms with E-state index < -0.39 is 39.2 Å². The quantitative estimate of drug-likeness (QED) is 0.573. The van der Waals surface area contributed by atoms with E-state index in [0.717, 1.165) is 0 Å². The Morgan fingerprint density at radius 2 is 1.48 bits per heavy atom. The lowest BCUT2D eigenvalue weighted by molar-refractivity contribution is -0.125. The smallest absolute Gasteiger partial charge is 0.252 e. The molecule has 5 nitrogen and oxygen atoms in total. The highest BCUT2D eigenvalue weighted by atomic mass is 32.2. The molecule has 3 atom stereocenters. The largest absolute Gasteiger partial charge is 0.508 e. The van der Waals surface area contributed by atoms with E-state index in [2.05, 4.69) is 0 Å². The number of halogens is 2. The van der Waals surface area contributed by atoms with Gasteiger partial charge in [-0.2, -0.15) is 0 Å². The van der Waals surface area contributed by atoms with Crippen LogP contribution >= 0.6 is 0 Å². The molecule has 1 heterocycles. The third kappa shape index (κ3) is 3.84. The Morgan fingerprint density at radius 1 is 0.935 bits per heavy atom. The molecule has 0 radical (unpaired) electrons. The van der Waals surface area contributed by atoms with E-state index in [1.165, 1.54) is 77.7 Å². The van der Waals surface area contributed by atoms with Gasteiger partial charge in [0.25, 0.3) is 5.91 Å². The number of phenols is 1. The predicted molar refractivity (Wildman–Crippen MR) is 113 cm³/mol. The molecule has 8 heteroatoms. The van der Waals surface area contributed by atoms with Crippen LogP contribution in [0.3, 0.4) is 0 Å². The number of aromatic hydroxyl groups is 1. The number of carbonyl (C=O) groups excluding carboxylic acids is 1. The summed E-state index contributed by atoms with van der Waals surface area (Å²) in [6, 6.07) is 16.4. The van der Waals surface area contributed by atoms with Crippen molar-refractivity contribution in [1.82, 2.24) is 0 Å². The molecule has 1 saturated heterocycles. The summed E-state index contributed by atoms with van der Waals surface area (Å²) < 4.78 is 38.4. The molecule has 0 unspecified atom stereocenters. The molecular formula is C23H19F2NO4S. The van der Waals surface area contributed by atoms with E-state index in [1.54, 1.807) is 0 Å². The van der Waals surface area contributed by atoms with E-state index in [4.69, 9.17) is 0 Å². The minimum atomic E-state index is -1.85.